The molecule has 0 aliphatic rings. The molecule has 0 atom stereocenters. The quantitative estimate of drug-likeness (QED) is 0.234. The van der Waals surface area contributed by atoms with E-state index in [-0.39, 0.29) is 41.2 Å². The molecule has 0 aliphatic carbocycles. The topological polar surface area (TPSA) is 129 Å². The van der Waals surface area contributed by atoms with Crippen molar-refractivity contribution in [1.29, 1.82) is 0 Å². The Hall–Kier alpha value is -4.80. The summed E-state index contributed by atoms with van der Waals surface area (Å²) in [5.74, 6) is -0.667. The maximum Gasteiger partial charge on any atom is 0.349 e. The summed E-state index contributed by atoms with van der Waals surface area (Å²) in [4.78, 5) is 38.7. The van der Waals surface area contributed by atoms with Crippen molar-refractivity contribution in [3.8, 4) is 11.5 Å². The zero-order valence-corrected chi connectivity index (χ0v) is 18.4. The highest BCUT2D eigenvalue weighted by Gasteiger charge is 2.23. The molecular formula is C24H19FN4O6. The lowest BCUT2D eigenvalue weighted by Gasteiger charge is -2.13. The van der Waals surface area contributed by atoms with Crippen LogP contribution in [0.4, 0.5) is 10.1 Å². The van der Waals surface area contributed by atoms with Crippen LogP contribution in [0.15, 0.2) is 75.4 Å². The van der Waals surface area contributed by atoms with Crippen LogP contribution in [0.5, 0.6) is 11.5 Å². The van der Waals surface area contributed by atoms with E-state index < -0.39 is 27.7 Å². The van der Waals surface area contributed by atoms with Gasteiger partial charge in [-0.15, -0.1) is 4.68 Å². The average molecular weight is 478 g/mol. The number of nitrogens with zero attached hydrogens (tertiary/aromatic N) is 3. The monoisotopic (exact) mass is 478 g/mol. The van der Waals surface area contributed by atoms with Crippen LogP contribution in [0.1, 0.15) is 18.1 Å². The number of ether oxygens (including phenoxy) is 2. The number of fused-ring (bicyclic) bond motifs is 1. The number of aromatic amines is 1. The Morgan fingerprint density at radius 1 is 1.11 bits per heavy atom. The van der Waals surface area contributed by atoms with E-state index in [9.17, 15) is 24.1 Å². The summed E-state index contributed by atoms with van der Waals surface area (Å²) in [5, 5.41) is 16.0. The molecule has 0 spiro atoms. The molecule has 11 heteroatoms. The Labute approximate surface area is 197 Å². The number of H-pyrrole nitrogens is 1. The first-order chi connectivity index (χ1) is 16.9. The van der Waals surface area contributed by atoms with Crippen LogP contribution in [-0.4, -0.2) is 27.4 Å². The van der Waals surface area contributed by atoms with Gasteiger partial charge in [-0.2, -0.15) is 5.10 Å². The van der Waals surface area contributed by atoms with Gasteiger partial charge in [0.25, 0.3) is 5.56 Å². The summed E-state index contributed by atoms with van der Waals surface area (Å²) >= 11 is 0. The number of benzene rings is 3. The summed E-state index contributed by atoms with van der Waals surface area (Å²) < 4.78 is 25.7. The third-order valence-electron chi connectivity index (χ3n) is 4.99. The van der Waals surface area contributed by atoms with E-state index in [2.05, 4.69) is 10.1 Å². The lowest BCUT2D eigenvalue weighted by atomic mass is 10.1. The molecule has 0 amide bonds. The minimum absolute atomic E-state index is 0.0271. The number of halogens is 1. The normalized spacial score (nSPS) is 11.1. The van der Waals surface area contributed by atoms with Gasteiger partial charge in [-0.3, -0.25) is 14.9 Å². The number of nitro benzene ring substituents is 1. The van der Waals surface area contributed by atoms with Crippen molar-refractivity contribution in [1.82, 2.24) is 9.66 Å². The maximum atomic E-state index is 14.0. The highest BCUT2D eigenvalue weighted by Crippen LogP contribution is 2.39. The highest BCUT2D eigenvalue weighted by molar-refractivity contribution is 5.83. The van der Waals surface area contributed by atoms with Gasteiger partial charge in [0.05, 0.1) is 28.6 Å². The molecule has 1 N–H and O–H groups in total. The van der Waals surface area contributed by atoms with Crippen molar-refractivity contribution < 1.29 is 18.8 Å². The Morgan fingerprint density at radius 3 is 2.60 bits per heavy atom. The van der Waals surface area contributed by atoms with E-state index in [1.54, 1.807) is 37.3 Å². The largest absolute Gasteiger partial charge is 0.490 e. The molecule has 0 radical (unpaired) electrons. The average Bonchev–Trinajstić information content (AvgIpc) is 2.84. The summed E-state index contributed by atoms with van der Waals surface area (Å²) in [6.45, 7) is 1.59. The van der Waals surface area contributed by atoms with Gasteiger partial charge in [0, 0.05) is 17.2 Å². The fourth-order valence-electron chi connectivity index (χ4n) is 3.37. The molecule has 10 nitrogen and oxygen atoms in total. The Morgan fingerprint density at radius 2 is 1.86 bits per heavy atom. The first-order valence-electron chi connectivity index (χ1n) is 10.5. The van der Waals surface area contributed by atoms with Crippen molar-refractivity contribution >= 4 is 22.8 Å². The molecule has 0 saturated heterocycles. The molecular weight excluding hydrogens is 459 g/mol. The van der Waals surface area contributed by atoms with Crippen LogP contribution < -0.4 is 20.7 Å². The van der Waals surface area contributed by atoms with Crippen LogP contribution in [0.3, 0.4) is 0 Å². The molecule has 4 rings (SSSR count). The van der Waals surface area contributed by atoms with Crippen LogP contribution in [0.25, 0.3) is 10.9 Å². The van der Waals surface area contributed by atoms with E-state index in [0.29, 0.717) is 10.2 Å². The van der Waals surface area contributed by atoms with Crippen molar-refractivity contribution in [2.75, 3.05) is 6.61 Å². The predicted molar refractivity (Wildman–Crippen MR) is 127 cm³/mol. The Balaban J connectivity index is 1.74. The Bertz CT molecular complexity index is 1560. The van der Waals surface area contributed by atoms with Gasteiger partial charge in [-0.1, -0.05) is 30.3 Å². The molecule has 0 unspecified atom stereocenters. The summed E-state index contributed by atoms with van der Waals surface area (Å²) in [5.41, 5.74) is -1.12. The van der Waals surface area contributed by atoms with Crippen molar-refractivity contribution in [3.63, 3.8) is 0 Å². The van der Waals surface area contributed by atoms with Crippen LogP contribution in [0.2, 0.25) is 0 Å². The van der Waals surface area contributed by atoms with Crippen molar-refractivity contribution in [3.05, 3.63) is 109 Å². The summed E-state index contributed by atoms with van der Waals surface area (Å²) in [7, 11) is 0. The van der Waals surface area contributed by atoms with E-state index in [1.807, 2.05) is 0 Å². The molecule has 35 heavy (non-hydrogen) atoms. The standard InChI is InChI=1S/C24H19FN4O6/c1-2-34-21-12-15(13-26-28-23(30)17-8-4-6-10-19(17)27-24(28)31)11-20(29(32)33)22(21)35-14-16-7-3-5-9-18(16)25/h3-13H,2,14H2,1H3,(H,27,31). The molecule has 1 aromatic heterocycles. The van der Waals surface area contributed by atoms with Gasteiger partial charge < -0.3 is 14.5 Å². The van der Waals surface area contributed by atoms with Gasteiger partial charge in [-0.05, 0) is 31.2 Å². The second-order valence-electron chi connectivity index (χ2n) is 7.27. The smallest absolute Gasteiger partial charge is 0.349 e. The summed E-state index contributed by atoms with van der Waals surface area (Å²) in [6.07, 6.45) is 1.13. The molecule has 0 fully saturated rings. The lowest BCUT2D eigenvalue weighted by Crippen LogP contribution is -2.32. The maximum absolute atomic E-state index is 14.0. The first kappa shape index (κ1) is 23.4. The minimum Gasteiger partial charge on any atom is -0.490 e. The van der Waals surface area contributed by atoms with Gasteiger partial charge in [0.15, 0.2) is 5.75 Å². The zero-order chi connectivity index (χ0) is 24.9. The van der Waals surface area contributed by atoms with Crippen LogP contribution in [-0.2, 0) is 6.61 Å². The first-order valence-corrected chi connectivity index (χ1v) is 10.5. The summed E-state index contributed by atoms with van der Waals surface area (Å²) in [6, 6.07) is 14.9. The van der Waals surface area contributed by atoms with Crippen LogP contribution >= 0.6 is 0 Å². The third-order valence-corrected chi connectivity index (χ3v) is 4.99. The van der Waals surface area contributed by atoms with E-state index in [1.165, 1.54) is 24.3 Å². The van der Waals surface area contributed by atoms with E-state index >= 15 is 0 Å². The molecule has 1 heterocycles. The predicted octanol–water partition coefficient (Wildman–Crippen LogP) is 3.60. The Kier molecular flexibility index (Phi) is 6.67. The van der Waals surface area contributed by atoms with Gasteiger partial charge in [0.2, 0.25) is 5.75 Å². The van der Waals surface area contributed by atoms with Gasteiger partial charge in [0.1, 0.15) is 12.4 Å². The second-order valence-corrected chi connectivity index (χ2v) is 7.27. The minimum atomic E-state index is -0.769. The molecule has 0 saturated carbocycles. The number of aromatic nitrogens is 2. The van der Waals surface area contributed by atoms with Crippen molar-refractivity contribution in [2.45, 2.75) is 13.5 Å². The second kappa shape index (κ2) is 10.00. The number of rotatable bonds is 8. The molecule has 0 bridgehead atoms. The molecule has 0 aliphatic heterocycles. The third kappa shape index (κ3) is 4.93. The van der Waals surface area contributed by atoms with E-state index in [4.69, 9.17) is 9.47 Å². The van der Waals surface area contributed by atoms with Gasteiger partial charge in [-0.25, -0.2) is 9.18 Å². The zero-order valence-electron chi connectivity index (χ0n) is 18.4. The van der Waals surface area contributed by atoms with Gasteiger partial charge >= 0.3 is 11.4 Å². The fourth-order valence-corrected chi connectivity index (χ4v) is 3.37. The van der Waals surface area contributed by atoms with Crippen LogP contribution in [0, 0.1) is 15.9 Å². The number of hydrogen-bond donors (Lipinski definition) is 1. The van der Waals surface area contributed by atoms with E-state index in [0.717, 1.165) is 12.3 Å². The fraction of sp³-hybridized carbons (Fsp3) is 0.125. The van der Waals surface area contributed by atoms with Crippen molar-refractivity contribution in [2.24, 2.45) is 5.10 Å². The number of hydrogen-bond acceptors (Lipinski definition) is 7. The molecule has 178 valence electrons. The molecule has 3 aromatic carbocycles. The lowest BCUT2D eigenvalue weighted by molar-refractivity contribution is -0.386. The molecule has 4 aromatic rings. The number of para-hydroxylation sites is 1. The number of nitro groups is 1. The highest BCUT2D eigenvalue weighted by atomic mass is 19.1. The SMILES string of the molecule is CCOc1cc(C=Nn2c(=O)[nH]c3ccccc3c2=O)cc([N+](=O)[O-])c1OCc1ccccc1F. The number of nitrogens with one attached hydrogen (secondary N) is 1.